The van der Waals surface area contributed by atoms with Gasteiger partial charge in [-0.15, -0.1) is 0 Å². The van der Waals surface area contributed by atoms with E-state index >= 15 is 0 Å². The molecule has 10 heteroatoms. The lowest BCUT2D eigenvalue weighted by molar-refractivity contribution is -0.117. The number of fused-ring (bicyclic) bond motifs is 2. The second-order valence-corrected chi connectivity index (χ2v) is 10.6. The van der Waals surface area contributed by atoms with Crippen molar-refractivity contribution in [2.75, 3.05) is 5.32 Å². The van der Waals surface area contributed by atoms with E-state index in [-0.39, 0.29) is 17.7 Å². The molecule has 1 amide bonds. The highest BCUT2D eigenvalue weighted by Gasteiger charge is 2.46. The van der Waals surface area contributed by atoms with Crippen molar-refractivity contribution < 1.29 is 4.79 Å². The molecule has 9 nitrogen and oxygen atoms in total. The average molecular weight is 543 g/mol. The first kappa shape index (κ1) is 21.6. The van der Waals surface area contributed by atoms with Crippen molar-refractivity contribution in [3.8, 4) is 0 Å². The maximum absolute atomic E-state index is 12.9. The van der Waals surface area contributed by atoms with Crippen LogP contribution in [0.15, 0.2) is 53.7 Å². The minimum Gasteiger partial charge on any atom is -0.309 e. The van der Waals surface area contributed by atoms with E-state index in [1.54, 1.807) is 23.1 Å². The number of aryl methyl sites for hydroxylation is 1. The third kappa shape index (κ3) is 3.95. The summed E-state index contributed by atoms with van der Waals surface area (Å²) in [5.41, 5.74) is 5.72. The van der Waals surface area contributed by atoms with Gasteiger partial charge in [0.1, 0.15) is 11.3 Å². The molecule has 0 unspecified atom stereocenters. The first-order valence-corrected chi connectivity index (χ1v) is 12.9. The van der Waals surface area contributed by atoms with Crippen molar-refractivity contribution in [1.29, 1.82) is 0 Å². The highest BCUT2D eigenvalue weighted by Crippen LogP contribution is 2.46. The van der Waals surface area contributed by atoms with E-state index in [2.05, 4.69) is 59.1 Å². The number of hydrogen-bond acceptors (Lipinski definition) is 6. The number of anilines is 1. The number of aromatic nitrogens is 7. The van der Waals surface area contributed by atoms with Gasteiger partial charge in [-0.1, -0.05) is 0 Å². The monoisotopic (exact) mass is 542 g/mol. The third-order valence-electron chi connectivity index (χ3n) is 6.94. The summed E-state index contributed by atoms with van der Waals surface area (Å²) in [5.74, 6) is 1.75. The number of halogens is 1. The highest BCUT2D eigenvalue weighted by atomic mass is 79.9. The first-order chi connectivity index (χ1) is 17.5. The van der Waals surface area contributed by atoms with Crippen LogP contribution in [0.5, 0.6) is 0 Å². The van der Waals surface area contributed by atoms with Gasteiger partial charge in [0.25, 0.3) is 0 Å². The van der Waals surface area contributed by atoms with Crippen molar-refractivity contribution in [3.05, 3.63) is 82.1 Å². The van der Waals surface area contributed by atoms with Gasteiger partial charge in [-0.05, 0) is 71.8 Å². The Bertz CT molecular complexity index is 1650. The van der Waals surface area contributed by atoms with E-state index in [1.807, 2.05) is 19.1 Å². The summed E-state index contributed by atoms with van der Waals surface area (Å²) >= 11 is 3.68. The number of nitrogens with one attached hydrogen (secondary N) is 1. The lowest BCUT2D eigenvalue weighted by Crippen LogP contribution is -2.16. The second-order valence-electron chi connectivity index (χ2n) is 9.77. The van der Waals surface area contributed by atoms with Crippen LogP contribution in [0.1, 0.15) is 59.6 Å². The molecule has 2 fully saturated rings. The Morgan fingerprint density at radius 2 is 2.03 bits per heavy atom. The Kier molecular flexibility index (Phi) is 4.92. The van der Waals surface area contributed by atoms with E-state index < -0.39 is 0 Å². The number of hydrogen-bond donors (Lipinski definition) is 1. The number of rotatable bonds is 6. The van der Waals surface area contributed by atoms with Gasteiger partial charge < -0.3 is 9.72 Å². The van der Waals surface area contributed by atoms with Crippen LogP contribution in [0.4, 0.5) is 5.82 Å². The molecular weight excluding hydrogens is 520 g/mol. The maximum atomic E-state index is 12.9. The van der Waals surface area contributed by atoms with E-state index in [9.17, 15) is 4.79 Å². The fourth-order valence-corrected chi connectivity index (χ4v) is 5.38. The minimum absolute atomic E-state index is 0.0555. The molecule has 36 heavy (non-hydrogen) atoms. The van der Waals surface area contributed by atoms with Gasteiger partial charge in [-0.25, -0.2) is 24.5 Å². The molecule has 2 saturated carbocycles. The molecule has 2 atom stereocenters. The molecule has 0 spiro atoms. The van der Waals surface area contributed by atoms with Gasteiger partial charge in [0.05, 0.1) is 15.9 Å². The minimum atomic E-state index is -0.145. The molecule has 2 aliphatic carbocycles. The molecule has 2 aliphatic rings. The molecular formula is C26H23BrN8O. The quantitative estimate of drug-likeness (QED) is 0.340. The summed E-state index contributed by atoms with van der Waals surface area (Å²) in [6.07, 6.45) is 13.3. The van der Waals surface area contributed by atoms with Gasteiger partial charge >= 0.3 is 0 Å². The predicted octanol–water partition coefficient (Wildman–Crippen LogP) is 4.45. The Morgan fingerprint density at radius 3 is 2.86 bits per heavy atom. The molecule has 0 radical (unpaired) electrons. The van der Waals surface area contributed by atoms with Crippen LogP contribution < -0.4 is 5.32 Å². The summed E-state index contributed by atoms with van der Waals surface area (Å²) in [4.78, 5) is 31.0. The number of carbonyl (C=O) groups is 1. The van der Waals surface area contributed by atoms with Crippen LogP contribution in [0, 0.1) is 12.8 Å². The summed E-state index contributed by atoms with van der Waals surface area (Å²) in [5, 5.41) is 7.70. The maximum Gasteiger partial charge on any atom is 0.229 e. The van der Waals surface area contributed by atoms with Crippen molar-refractivity contribution in [2.24, 2.45) is 5.92 Å². The van der Waals surface area contributed by atoms with Crippen molar-refractivity contribution in [2.45, 2.75) is 44.4 Å². The van der Waals surface area contributed by atoms with Crippen molar-refractivity contribution >= 4 is 38.8 Å². The largest absolute Gasteiger partial charge is 0.309 e. The number of pyridine rings is 1. The summed E-state index contributed by atoms with van der Waals surface area (Å²) in [6, 6.07) is 6.01. The van der Waals surface area contributed by atoms with Crippen LogP contribution >= 0.6 is 15.9 Å². The molecule has 5 aromatic heterocycles. The average Bonchev–Trinajstić information content (AvgIpc) is 3.77. The van der Waals surface area contributed by atoms with Crippen molar-refractivity contribution in [3.63, 3.8) is 0 Å². The molecule has 1 N–H and O–H groups in total. The van der Waals surface area contributed by atoms with Crippen LogP contribution in [0.2, 0.25) is 0 Å². The fraction of sp³-hybridized carbons (Fsp3) is 0.308. The predicted molar refractivity (Wildman–Crippen MR) is 137 cm³/mol. The SMILES string of the molecule is Cc1ccnc([C@H]2C[C@@H]2C(=O)Nc2nccn3nc(Cc4cn5cc(C6CC6)cc(Br)c5n4)cc23)n1. The van der Waals surface area contributed by atoms with Gasteiger partial charge in [-0.3, -0.25) is 4.79 Å². The van der Waals surface area contributed by atoms with Crippen LogP contribution in [0.25, 0.3) is 11.2 Å². The topological polar surface area (TPSA) is 102 Å². The zero-order valence-corrected chi connectivity index (χ0v) is 21.2. The normalized spacial score (nSPS) is 19.2. The molecule has 5 heterocycles. The van der Waals surface area contributed by atoms with Gasteiger partial charge in [0.2, 0.25) is 5.91 Å². The molecule has 0 saturated heterocycles. The number of imidazole rings is 1. The summed E-state index contributed by atoms with van der Waals surface area (Å²) in [7, 11) is 0. The lowest BCUT2D eigenvalue weighted by atomic mass is 10.2. The van der Waals surface area contributed by atoms with Gasteiger partial charge in [0, 0.05) is 54.9 Å². The molecule has 0 aromatic carbocycles. The Balaban J connectivity index is 1.11. The second kappa shape index (κ2) is 8.19. The van der Waals surface area contributed by atoms with E-state index in [0.717, 1.165) is 45.0 Å². The molecule has 0 aliphatic heterocycles. The van der Waals surface area contributed by atoms with Crippen LogP contribution in [-0.2, 0) is 11.2 Å². The zero-order chi connectivity index (χ0) is 24.4. The Hall–Kier alpha value is -3.66. The summed E-state index contributed by atoms with van der Waals surface area (Å²) < 4.78 is 4.86. The number of amides is 1. The molecule has 180 valence electrons. The van der Waals surface area contributed by atoms with Crippen LogP contribution in [0.3, 0.4) is 0 Å². The Labute approximate surface area is 215 Å². The van der Waals surface area contributed by atoms with Crippen LogP contribution in [-0.4, -0.2) is 39.9 Å². The van der Waals surface area contributed by atoms with E-state index in [4.69, 9.17) is 10.1 Å². The molecule has 0 bridgehead atoms. The smallest absolute Gasteiger partial charge is 0.229 e. The van der Waals surface area contributed by atoms with Crippen molar-refractivity contribution in [1.82, 2.24) is 34.0 Å². The third-order valence-corrected chi connectivity index (χ3v) is 7.53. The molecule has 5 aromatic rings. The zero-order valence-electron chi connectivity index (χ0n) is 19.6. The summed E-state index contributed by atoms with van der Waals surface area (Å²) in [6.45, 7) is 1.93. The highest BCUT2D eigenvalue weighted by molar-refractivity contribution is 9.10. The number of carbonyl (C=O) groups excluding carboxylic acids is 1. The standard InChI is InChI=1S/C26H23BrN8O/c1-14-4-5-28-23(30-14)19-11-20(19)26(36)32-24-22-10-17(33-35(22)7-6-29-24)9-18-13-34-12-16(15-2-3-15)8-21(27)25(34)31-18/h4-8,10,12-13,15,19-20H,2-3,9,11H2,1H3,(H,29,32,36)/t19-,20-/m0/s1. The van der Waals surface area contributed by atoms with Gasteiger partial charge in [-0.2, -0.15) is 5.10 Å². The molecule has 7 rings (SSSR count). The van der Waals surface area contributed by atoms with E-state index in [0.29, 0.717) is 18.2 Å². The van der Waals surface area contributed by atoms with E-state index in [1.165, 1.54) is 18.4 Å². The lowest BCUT2D eigenvalue weighted by Gasteiger charge is -2.05. The first-order valence-electron chi connectivity index (χ1n) is 12.1. The fourth-order valence-electron chi connectivity index (χ4n) is 4.82. The number of nitrogens with zero attached hydrogens (tertiary/aromatic N) is 7. The van der Waals surface area contributed by atoms with Gasteiger partial charge in [0.15, 0.2) is 11.5 Å². The Morgan fingerprint density at radius 1 is 1.14 bits per heavy atom.